The van der Waals surface area contributed by atoms with E-state index < -0.39 is 5.54 Å². The highest BCUT2D eigenvalue weighted by Crippen LogP contribution is 2.60. The van der Waals surface area contributed by atoms with Crippen molar-refractivity contribution in [2.45, 2.75) is 90.8 Å². The Morgan fingerprint density at radius 1 is 1.20 bits per heavy atom. The smallest absolute Gasteiger partial charge is 0.325 e. The molecule has 164 valence electrons. The van der Waals surface area contributed by atoms with Gasteiger partial charge in [0.05, 0.1) is 6.10 Å². The second-order valence-electron chi connectivity index (χ2n) is 11.1. The van der Waals surface area contributed by atoms with Crippen LogP contribution in [0.2, 0.25) is 0 Å². The first-order valence-corrected chi connectivity index (χ1v) is 11.3. The number of imide groups is 1. The van der Waals surface area contributed by atoms with Gasteiger partial charge in [0.15, 0.2) is 5.54 Å². The van der Waals surface area contributed by atoms with Crippen LogP contribution in [0.15, 0.2) is 18.2 Å². The molecule has 1 aromatic rings. The van der Waals surface area contributed by atoms with Crippen molar-refractivity contribution in [3.8, 4) is 0 Å². The number of hydrogen-bond acceptors (Lipinski definition) is 3. The summed E-state index contributed by atoms with van der Waals surface area (Å²) in [6, 6.07) is 6.20. The maximum absolute atomic E-state index is 14.0. The number of ether oxygens (including phenoxy) is 1. The van der Waals surface area contributed by atoms with Gasteiger partial charge in [-0.25, -0.2) is 4.79 Å². The lowest BCUT2D eigenvalue weighted by molar-refractivity contribution is -0.139. The molecule has 1 aromatic carbocycles. The lowest BCUT2D eigenvalue weighted by atomic mass is 9.61. The van der Waals surface area contributed by atoms with E-state index in [1.54, 1.807) is 7.11 Å². The zero-order valence-corrected chi connectivity index (χ0v) is 19.3. The number of methoxy groups -OCH3 is 1. The van der Waals surface area contributed by atoms with Gasteiger partial charge in [-0.3, -0.25) is 9.69 Å². The fourth-order valence-corrected chi connectivity index (χ4v) is 6.12. The monoisotopic (exact) mass is 412 g/mol. The number of fused-ring (bicyclic) bond motifs is 3. The van der Waals surface area contributed by atoms with Crippen molar-refractivity contribution < 1.29 is 14.3 Å². The molecule has 1 saturated heterocycles. The molecule has 3 aliphatic rings. The number of carbonyl (C=O) groups excluding carboxylic acids is 2. The largest absolute Gasteiger partial charge is 0.381 e. The minimum atomic E-state index is -0.948. The molecule has 4 rings (SSSR count). The highest BCUT2D eigenvalue weighted by atomic mass is 16.5. The molecule has 0 radical (unpaired) electrons. The van der Waals surface area contributed by atoms with Gasteiger partial charge in [-0.2, -0.15) is 0 Å². The van der Waals surface area contributed by atoms with Crippen LogP contribution in [0, 0.1) is 10.8 Å². The molecule has 0 bridgehead atoms. The number of carbonyl (C=O) groups is 2. The molecule has 30 heavy (non-hydrogen) atoms. The molecule has 2 aliphatic carbocycles. The Bertz CT molecular complexity index is 862. The van der Waals surface area contributed by atoms with E-state index in [1.807, 2.05) is 13.8 Å². The highest BCUT2D eigenvalue weighted by Gasteiger charge is 2.68. The molecular formula is C25H36N2O3. The zero-order valence-electron chi connectivity index (χ0n) is 19.3. The van der Waals surface area contributed by atoms with Gasteiger partial charge < -0.3 is 10.1 Å². The molecule has 1 unspecified atom stereocenters. The summed E-state index contributed by atoms with van der Waals surface area (Å²) >= 11 is 0. The Kier molecular flexibility index (Phi) is 5.04. The Morgan fingerprint density at radius 3 is 2.40 bits per heavy atom. The number of rotatable bonds is 3. The predicted octanol–water partition coefficient (Wildman–Crippen LogP) is 4.56. The Hall–Kier alpha value is -1.88. The fourth-order valence-electron chi connectivity index (χ4n) is 6.12. The average Bonchev–Trinajstić information content (AvgIpc) is 3.07. The van der Waals surface area contributed by atoms with Gasteiger partial charge in [-0.05, 0) is 74.5 Å². The van der Waals surface area contributed by atoms with Gasteiger partial charge in [0.2, 0.25) is 0 Å². The first-order valence-electron chi connectivity index (χ1n) is 11.3. The maximum Gasteiger partial charge on any atom is 0.325 e. The summed E-state index contributed by atoms with van der Waals surface area (Å²) in [5.74, 6) is -0.0648. The number of hydrogen-bond donors (Lipinski definition) is 1. The number of amides is 3. The number of nitrogens with one attached hydrogen (secondary N) is 1. The quantitative estimate of drug-likeness (QED) is 0.740. The molecule has 1 aliphatic heterocycles. The van der Waals surface area contributed by atoms with Gasteiger partial charge >= 0.3 is 6.03 Å². The summed E-state index contributed by atoms with van der Waals surface area (Å²) in [6.07, 6.45) is 5.62. The van der Waals surface area contributed by atoms with Crippen LogP contribution < -0.4 is 5.32 Å². The van der Waals surface area contributed by atoms with Crippen molar-refractivity contribution in [1.29, 1.82) is 0 Å². The molecule has 5 nitrogen and oxygen atoms in total. The van der Waals surface area contributed by atoms with Crippen LogP contribution in [-0.4, -0.2) is 36.1 Å². The summed E-state index contributed by atoms with van der Waals surface area (Å²) in [5, 5.41) is 3.25. The minimum absolute atomic E-state index is 0.0648. The second kappa shape index (κ2) is 7.08. The van der Waals surface area contributed by atoms with Gasteiger partial charge in [0.1, 0.15) is 0 Å². The van der Waals surface area contributed by atoms with Gasteiger partial charge in [0.25, 0.3) is 5.91 Å². The topological polar surface area (TPSA) is 58.6 Å². The number of nitrogens with zero attached hydrogens (tertiary/aromatic N) is 1. The average molecular weight is 413 g/mol. The highest BCUT2D eigenvalue weighted by molar-refractivity contribution is 6.09. The maximum atomic E-state index is 14.0. The second-order valence-corrected chi connectivity index (χ2v) is 11.1. The number of urea groups is 1. The minimum Gasteiger partial charge on any atom is -0.381 e. The fraction of sp³-hybridized carbons (Fsp3) is 0.680. The summed E-state index contributed by atoms with van der Waals surface area (Å²) in [7, 11) is 1.77. The first-order chi connectivity index (χ1) is 14.0. The summed E-state index contributed by atoms with van der Waals surface area (Å²) in [4.78, 5) is 28.4. The van der Waals surface area contributed by atoms with E-state index in [-0.39, 0.29) is 34.9 Å². The van der Waals surface area contributed by atoms with E-state index in [0.717, 1.165) is 44.1 Å². The van der Waals surface area contributed by atoms with Gasteiger partial charge in [-0.1, -0.05) is 39.0 Å². The van der Waals surface area contributed by atoms with Crippen LogP contribution in [-0.2, 0) is 27.9 Å². The molecule has 5 heteroatoms. The van der Waals surface area contributed by atoms with E-state index in [1.165, 1.54) is 16.0 Å². The van der Waals surface area contributed by atoms with E-state index in [0.29, 0.717) is 0 Å². The Morgan fingerprint density at radius 2 is 1.87 bits per heavy atom. The van der Waals surface area contributed by atoms with Crippen LogP contribution in [0.25, 0.3) is 0 Å². The van der Waals surface area contributed by atoms with Crippen LogP contribution >= 0.6 is 0 Å². The Labute approximate surface area is 180 Å². The van der Waals surface area contributed by atoms with E-state index in [4.69, 9.17) is 4.74 Å². The van der Waals surface area contributed by atoms with Crippen LogP contribution in [0.5, 0.6) is 0 Å². The summed E-state index contributed by atoms with van der Waals surface area (Å²) in [5.41, 5.74) is 2.40. The third-order valence-electron chi connectivity index (χ3n) is 7.43. The molecule has 3 amide bonds. The van der Waals surface area contributed by atoms with Crippen molar-refractivity contribution >= 4 is 11.9 Å². The van der Waals surface area contributed by atoms with E-state index >= 15 is 0 Å². The molecule has 1 N–H and O–H groups in total. The molecule has 2 fully saturated rings. The van der Waals surface area contributed by atoms with E-state index in [2.05, 4.69) is 44.3 Å². The number of benzene rings is 1. The molecule has 2 spiro atoms. The zero-order chi connectivity index (χ0) is 21.9. The summed E-state index contributed by atoms with van der Waals surface area (Å²) < 4.78 is 5.62. The van der Waals surface area contributed by atoms with Crippen molar-refractivity contribution in [2.24, 2.45) is 10.8 Å². The molecule has 1 heterocycles. The third kappa shape index (κ3) is 3.08. The lowest BCUT2D eigenvalue weighted by Crippen LogP contribution is -2.57. The Balaban J connectivity index is 1.84. The third-order valence-corrected chi connectivity index (χ3v) is 7.43. The van der Waals surface area contributed by atoms with Crippen molar-refractivity contribution in [2.75, 3.05) is 7.11 Å². The molecular weight excluding hydrogens is 376 g/mol. The van der Waals surface area contributed by atoms with Gasteiger partial charge in [0, 0.05) is 18.6 Å². The standard InChI is InChI=1S/C25H36N2O3/c1-16(2)27-21(28)25(26-22(27)29)20-13-17(14-23(3,4)5)7-8-18(20)15-24(25)11-9-19(30-6)10-12-24/h7-8,13,16,19H,9-12,14-15H2,1-6H3,(H,26,29). The molecule has 0 aromatic heterocycles. The molecule has 1 atom stereocenters. The van der Waals surface area contributed by atoms with Gasteiger partial charge in [-0.15, -0.1) is 0 Å². The predicted molar refractivity (Wildman–Crippen MR) is 117 cm³/mol. The SMILES string of the molecule is COC1CCC2(CC1)Cc1ccc(CC(C)(C)C)cc1C21NC(=O)N(C(C)C)C1=O. The van der Waals surface area contributed by atoms with Crippen molar-refractivity contribution in [3.05, 3.63) is 34.9 Å². The van der Waals surface area contributed by atoms with Crippen LogP contribution in [0.3, 0.4) is 0 Å². The van der Waals surface area contributed by atoms with Crippen LogP contribution in [0.4, 0.5) is 4.79 Å². The normalized spacial score (nSPS) is 31.2. The van der Waals surface area contributed by atoms with Crippen LogP contribution in [0.1, 0.15) is 77.0 Å². The van der Waals surface area contributed by atoms with Crippen molar-refractivity contribution in [1.82, 2.24) is 10.2 Å². The van der Waals surface area contributed by atoms with E-state index in [9.17, 15) is 9.59 Å². The van der Waals surface area contributed by atoms with Crippen molar-refractivity contribution in [3.63, 3.8) is 0 Å². The lowest BCUT2D eigenvalue weighted by Gasteiger charge is -2.46. The summed E-state index contributed by atoms with van der Waals surface area (Å²) in [6.45, 7) is 10.5. The first kappa shape index (κ1) is 21.4. The molecule has 1 saturated carbocycles.